The average Bonchev–Trinajstić information content (AvgIpc) is 3.15. The molecule has 0 spiro atoms. The number of carbonyl (C=O) groups excluding carboxylic acids is 1. The molecule has 0 atom stereocenters. The van der Waals surface area contributed by atoms with Gasteiger partial charge in [0.1, 0.15) is 11.5 Å². The van der Waals surface area contributed by atoms with E-state index in [0.29, 0.717) is 5.76 Å². The lowest BCUT2D eigenvalue weighted by molar-refractivity contribution is 0.0952. The highest BCUT2D eigenvalue weighted by molar-refractivity contribution is 7.99. The van der Waals surface area contributed by atoms with Crippen LogP contribution in [0.3, 0.4) is 0 Å². The normalized spacial score (nSPS) is 11.1. The first-order chi connectivity index (χ1) is 13.7. The van der Waals surface area contributed by atoms with E-state index in [-0.39, 0.29) is 11.3 Å². The number of hydrogen-bond donors (Lipinski definition) is 2. The maximum absolute atomic E-state index is 12.3. The summed E-state index contributed by atoms with van der Waals surface area (Å²) in [5, 5.41) is 16.5. The molecule has 0 radical (unpaired) electrons. The van der Waals surface area contributed by atoms with E-state index in [1.165, 1.54) is 18.0 Å². The van der Waals surface area contributed by atoms with E-state index in [4.69, 9.17) is 4.42 Å². The third kappa shape index (κ3) is 4.07. The second kappa shape index (κ2) is 8.02. The van der Waals surface area contributed by atoms with Crippen molar-refractivity contribution in [2.24, 2.45) is 5.10 Å². The number of nitrogens with one attached hydrogen (secondary N) is 1. The number of hydrogen-bond acceptors (Lipinski definition) is 5. The smallest absolute Gasteiger partial charge is 0.275 e. The van der Waals surface area contributed by atoms with Gasteiger partial charge in [0, 0.05) is 4.90 Å². The van der Waals surface area contributed by atoms with Crippen molar-refractivity contribution >= 4 is 34.7 Å². The molecule has 5 nitrogen and oxygen atoms in total. The summed E-state index contributed by atoms with van der Waals surface area (Å²) >= 11 is 1.50. The highest BCUT2D eigenvalue weighted by Crippen LogP contribution is 2.28. The van der Waals surface area contributed by atoms with Crippen LogP contribution in [0.25, 0.3) is 10.8 Å². The lowest BCUT2D eigenvalue weighted by Gasteiger charge is -2.05. The maximum Gasteiger partial charge on any atom is 0.275 e. The first-order valence-electron chi connectivity index (χ1n) is 8.57. The Morgan fingerprint density at radius 3 is 2.46 bits per heavy atom. The molecular formula is C22H16N2O3S. The van der Waals surface area contributed by atoms with Gasteiger partial charge >= 0.3 is 0 Å². The van der Waals surface area contributed by atoms with Crippen molar-refractivity contribution in [3.05, 3.63) is 90.2 Å². The van der Waals surface area contributed by atoms with Crippen molar-refractivity contribution in [3.8, 4) is 5.75 Å². The molecule has 3 aromatic carbocycles. The number of aromatic hydroxyl groups is 1. The van der Waals surface area contributed by atoms with E-state index in [9.17, 15) is 9.90 Å². The van der Waals surface area contributed by atoms with Crippen LogP contribution < -0.4 is 5.43 Å². The number of phenolic OH excluding ortho intramolecular Hbond substituents is 1. The van der Waals surface area contributed by atoms with E-state index in [2.05, 4.69) is 10.5 Å². The molecule has 1 aromatic heterocycles. The molecule has 0 fully saturated rings. The highest BCUT2D eigenvalue weighted by atomic mass is 32.2. The molecule has 28 heavy (non-hydrogen) atoms. The van der Waals surface area contributed by atoms with Crippen molar-refractivity contribution in [3.63, 3.8) is 0 Å². The van der Waals surface area contributed by atoms with Crippen molar-refractivity contribution in [1.29, 1.82) is 0 Å². The third-order valence-electron chi connectivity index (χ3n) is 4.03. The molecule has 4 aromatic rings. The molecule has 4 rings (SSSR count). The van der Waals surface area contributed by atoms with Crippen molar-refractivity contribution in [2.45, 2.75) is 9.99 Å². The SMILES string of the molecule is O=C(NN=Cc1ccc(Sc2ccccc2)o1)c1cc2ccccc2cc1O. The molecule has 6 heteroatoms. The Hall–Kier alpha value is -3.51. The molecule has 0 bridgehead atoms. The average molecular weight is 388 g/mol. The summed E-state index contributed by atoms with van der Waals surface area (Å²) in [7, 11) is 0. The third-order valence-corrected chi connectivity index (χ3v) is 4.96. The minimum atomic E-state index is -0.495. The summed E-state index contributed by atoms with van der Waals surface area (Å²) in [6, 6.07) is 24.2. The van der Waals surface area contributed by atoms with E-state index in [1.54, 1.807) is 18.2 Å². The van der Waals surface area contributed by atoms with Gasteiger partial charge in [-0.15, -0.1) is 0 Å². The van der Waals surface area contributed by atoms with Gasteiger partial charge < -0.3 is 9.52 Å². The highest BCUT2D eigenvalue weighted by Gasteiger charge is 2.12. The van der Waals surface area contributed by atoms with Crippen LogP contribution in [0.1, 0.15) is 16.1 Å². The molecule has 0 unspecified atom stereocenters. The zero-order valence-corrected chi connectivity index (χ0v) is 15.5. The molecule has 1 amide bonds. The van der Waals surface area contributed by atoms with Gasteiger partial charge in [0.15, 0.2) is 5.09 Å². The zero-order chi connectivity index (χ0) is 19.3. The Bertz CT molecular complexity index is 1150. The molecule has 0 aliphatic rings. The van der Waals surface area contributed by atoms with Crippen LogP contribution in [-0.4, -0.2) is 17.2 Å². The van der Waals surface area contributed by atoms with Gasteiger partial charge in [-0.1, -0.05) is 54.2 Å². The summed E-state index contributed by atoms with van der Waals surface area (Å²) in [6.45, 7) is 0. The first kappa shape index (κ1) is 17.9. The summed E-state index contributed by atoms with van der Waals surface area (Å²) in [5.74, 6) is -0.0719. The lowest BCUT2D eigenvalue weighted by Crippen LogP contribution is -2.17. The van der Waals surface area contributed by atoms with Gasteiger partial charge in [0.25, 0.3) is 5.91 Å². The van der Waals surface area contributed by atoms with Gasteiger partial charge in [-0.3, -0.25) is 4.79 Å². The van der Waals surface area contributed by atoms with Crippen LogP contribution >= 0.6 is 11.8 Å². The predicted octanol–water partition coefficient (Wildman–Crippen LogP) is 5.05. The summed E-state index contributed by atoms with van der Waals surface area (Å²) in [5.41, 5.74) is 2.58. The van der Waals surface area contributed by atoms with Crippen molar-refractivity contribution in [1.82, 2.24) is 5.43 Å². The van der Waals surface area contributed by atoms with Gasteiger partial charge in [0.2, 0.25) is 0 Å². The minimum absolute atomic E-state index is 0.0917. The van der Waals surface area contributed by atoms with Crippen LogP contribution in [0.4, 0.5) is 0 Å². The number of hydrazone groups is 1. The van der Waals surface area contributed by atoms with Crippen LogP contribution in [0.5, 0.6) is 5.75 Å². The molecule has 0 saturated heterocycles. The number of amides is 1. The maximum atomic E-state index is 12.3. The van der Waals surface area contributed by atoms with Gasteiger partial charge in [0.05, 0.1) is 11.8 Å². The van der Waals surface area contributed by atoms with Gasteiger partial charge in [-0.25, -0.2) is 5.43 Å². The fraction of sp³-hybridized carbons (Fsp3) is 0. The first-order valence-corrected chi connectivity index (χ1v) is 9.38. The fourth-order valence-corrected chi connectivity index (χ4v) is 3.49. The van der Waals surface area contributed by atoms with Gasteiger partial charge in [-0.05, 0) is 47.2 Å². The fourth-order valence-electron chi connectivity index (χ4n) is 2.69. The van der Waals surface area contributed by atoms with E-state index in [1.807, 2.05) is 60.7 Å². The number of carbonyl (C=O) groups is 1. The number of rotatable bonds is 5. The van der Waals surface area contributed by atoms with Crippen LogP contribution in [0.15, 0.2) is 98.4 Å². The van der Waals surface area contributed by atoms with Gasteiger partial charge in [-0.2, -0.15) is 5.10 Å². The minimum Gasteiger partial charge on any atom is -0.507 e. The zero-order valence-electron chi connectivity index (χ0n) is 14.7. The van der Waals surface area contributed by atoms with Crippen LogP contribution in [0.2, 0.25) is 0 Å². The number of fused-ring (bicyclic) bond motifs is 1. The number of nitrogens with zero attached hydrogens (tertiary/aromatic N) is 1. The standard InChI is InChI=1S/C22H16N2O3S/c25-20-13-16-7-5-4-6-15(16)12-19(20)22(26)24-23-14-17-10-11-21(27-17)28-18-8-2-1-3-9-18/h1-14,25H,(H,24,26). The van der Waals surface area contributed by atoms with E-state index in [0.717, 1.165) is 20.8 Å². The van der Waals surface area contributed by atoms with Crippen LogP contribution in [-0.2, 0) is 0 Å². The Morgan fingerprint density at radius 1 is 0.964 bits per heavy atom. The van der Waals surface area contributed by atoms with E-state index < -0.39 is 5.91 Å². The summed E-state index contributed by atoms with van der Waals surface area (Å²) in [6.07, 6.45) is 1.42. The van der Waals surface area contributed by atoms with Crippen molar-refractivity contribution in [2.75, 3.05) is 0 Å². The topological polar surface area (TPSA) is 74.8 Å². The molecule has 0 aliphatic carbocycles. The van der Waals surface area contributed by atoms with Crippen molar-refractivity contribution < 1.29 is 14.3 Å². The molecule has 0 aliphatic heterocycles. The second-order valence-electron chi connectivity index (χ2n) is 5.99. The van der Waals surface area contributed by atoms with E-state index >= 15 is 0 Å². The number of phenols is 1. The molecular weight excluding hydrogens is 372 g/mol. The Morgan fingerprint density at radius 2 is 1.68 bits per heavy atom. The summed E-state index contributed by atoms with van der Waals surface area (Å²) in [4.78, 5) is 13.4. The molecule has 0 saturated carbocycles. The largest absolute Gasteiger partial charge is 0.507 e. The second-order valence-corrected chi connectivity index (χ2v) is 7.07. The number of benzene rings is 3. The summed E-state index contributed by atoms with van der Waals surface area (Å²) < 4.78 is 5.67. The quantitative estimate of drug-likeness (QED) is 0.370. The monoisotopic (exact) mass is 388 g/mol. The Kier molecular flexibility index (Phi) is 5.12. The predicted molar refractivity (Wildman–Crippen MR) is 110 cm³/mol. The lowest BCUT2D eigenvalue weighted by atomic mass is 10.1. The Balaban J connectivity index is 1.42. The number of furan rings is 1. The Labute approximate surface area is 165 Å². The molecule has 138 valence electrons. The van der Waals surface area contributed by atoms with Crippen LogP contribution in [0, 0.1) is 0 Å². The molecule has 2 N–H and O–H groups in total. The molecule has 1 heterocycles.